The zero-order valence-electron chi connectivity index (χ0n) is 12.4. The predicted octanol–water partition coefficient (Wildman–Crippen LogP) is 3.30. The van der Waals surface area contributed by atoms with Crippen LogP contribution in [-0.2, 0) is 6.54 Å². The van der Waals surface area contributed by atoms with Crippen LogP contribution in [0.4, 0.5) is 0 Å². The van der Waals surface area contributed by atoms with E-state index >= 15 is 0 Å². The number of rotatable bonds is 8. The third kappa shape index (κ3) is 8.24. The van der Waals surface area contributed by atoms with Gasteiger partial charge in [0.25, 0.3) is 0 Å². The van der Waals surface area contributed by atoms with E-state index in [1.54, 1.807) is 7.11 Å². The minimum Gasteiger partial charge on any atom is -0.497 e. The van der Waals surface area contributed by atoms with Gasteiger partial charge in [-0.25, -0.2) is 4.99 Å². The van der Waals surface area contributed by atoms with Crippen molar-refractivity contribution in [3.8, 4) is 5.75 Å². The van der Waals surface area contributed by atoms with Crippen molar-refractivity contribution in [2.24, 2.45) is 10.7 Å². The number of aliphatic imine (C=N–C) groups is 1. The molecule has 20 heavy (non-hydrogen) atoms. The predicted molar refractivity (Wildman–Crippen MR) is 95.9 cm³/mol. The molecule has 0 saturated carbocycles. The van der Waals surface area contributed by atoms with Gasteiger partial charge in [-0.3, -0.25) is 0 Å². The first-order valence-electron chi connectivity index (χ1n) is 6.93. The van der Waals surface area contributed by atoms with Crippen LogP contribution in [0.3, 0.4) is 0 Å². The summed E-state index contributed by atoms with van der Waals surface area (Å²) in [5.74, 6) is 1.36. The number of unbranched alkanes of at least 4 members (excludes halogenated alkanes) is 3. The van der Waals surface area contributed by atoms with E-state index in [0.29, 0.717) is 12.5 Å². The van der Waals surface area contributed by atoms with E-state index in [1.807, 2.05) is 24.3 Å². The molecule has 0 aliphatic carbocycles. The minimum atomic E-state index is 0. The number of methoxy groups -OCH3 is 1. The molecular formula is C15H26IN3O. The van der Waals surface area contributed by atoms with E-state index in [9.17, 15) is 0 Å². The van der Waals surface area contributed by atoms with Crippen molar-refractivity contribution in [1.82, 2.24) is 5.32 Å². The number of nitrogens with zero attached hydrogens (tertiary/aromatic N) is 1. The van der Waals surface area contributed by atoms with Crippen LogP contribution in [0, 0.1) is 0 Å². The Balaban J connectivity index is 0.00000361. The van der Waals surface area contributed by atoms with E-state index < -0.39 is 0 Å². The standard InChI is InChI=1S/C15H25N3O.HI/c1-3-4-5-6-10-17-15(16)18-12-13-8-7-9-14(11-13)19-2;/h7-9,11H,3-6,10,12H2,1-2H3,(H3,16,17,18);1H. The first-order chi connectivity index (χ1) is 9.26. The number of halogens is 1. The lowest BCUT2D eigenvalue weighted by molar-refractivity contribution is 0.414. The highest BCUT2D eigenvalue weighted by molar-refractivity contribution is 14.0. The second-order valence-corrected chi connectivity index (χ2v) is 4.54. The molecule has 0 bridgehead atoms. The second kappa shape index (κ2) is 11.8. The highest BCUT2D eigenvalue weighted by Crippen LogP contribution is 2.12. The molecular weight excluding hydrogens is 365 g/mol. The molecule has 1 aromatic carbocycles. The lowest BCUT2D eigenvalue weighted by atomic mass is 10.2. The van der Waals surface area contributed by atoms with E-state index in [2.05, 4.69) is 17.2 Å². The Morgan fingerprint density at radius 3 is 2.80 bits per heavy atom. The topological polar surface area (TPSA) is 59.6 Å². The molecule has 1 aromatic rings. The lowest BCUT2D eigenvalue weighted by Gasteiger charge is -2.06. The monoisotopic (exact) mass is 391 g/mol. The fraction of sp³-hybridized carbons (Fsp3) is 0.533. The molecule has 0 aliphatic rings. The molecule has 1 rings (SSSR count). The van der Waals surface area contributed by atoms with Gasteiger partial charge in [0.15, 0.2) is 5.96 Å². The van der Waals surface area contributed by atoms with Gasteiger partial charge in [-0.2, -0.15) is 0 Å². The number of hydrogen-bond donors (Lipinski definition) is 2. The van der Waals surface area contributed by atoms with Gasteiger partial charge in [0.05, 0.1) is 13.7 Å². The molecule has 4 nitrogen and oxygen atoms in total. The van der Waals surface area contributed by atoms with Gasteiger partial charge < -0.3 is 15.8 Å². The van der Waals surface area contributed by atoms with Crippen LogP contribution in [0.2, 0.25) is 0 Å². The van der Waals surface area contributed by atoms with Crippen molar-refractivity contribution in [2.45, 2.75) is 39.2 Å². The third-order valence-corrected chi connectivity index (χ3v) is 2.90. The summed E-state index contributed by atoms with van der Waals surface area (Å²) in [6, 6.07) is 7.86. The van der Waals surface area contributed by atoms with Gasteiger partial charge in [0.1, 0.15) is 5.75 Å². The number of benzene rings is 1. The van der Waals surface area contributed by atoms with E-state index in [-0.39, 0.29) is 24.0 Å². The largest absolute Gasteiger partial charge is 0.497 e. The molecule has 114 valence electrons. The van der Waals surface area contributed by atoms with E-state index in [1.165, 1.54) is 19.3 Å². The highest BCUT2D eigenvalue weighted by atomic mass is 127. The Bertz CT molecular complexity index is 396. The fourth-order valence-corrected chi connectivity index (χ4v) is 1.77. The van der Waals surface area contributed by atoms with Crippen LogP contribution >= 0.6 is 24.0 Å². The lowest BCUT2D eigenvalue weighted by Crippen LogP contribution is -2.32. The average molecular weight is 391 g/mol. The van der Waals surface area contributed by atoms with Crippen LogP contribution in [-0.4, -0.2) is 19.6 Å². The summed E-state index contributed by atoms with van der Waals surface area (Å²) in [4.78, 5) is 4.32. The number of guanidine groups is 1. The van der Waals surface area contributed by atoms with Crippen molar-refractivity contribution < 1.29 is 4.74 Å². The summed E-state index contributed by atoms with van der Waals surface area (Å²) in [6.45, 7) is 3.68. The summed E-state index contributed by atoms with van der Waals surface area (Å²) in [7, 11) is 1.66. The van der Waals surface area contributed by atoms with E-state index in [4.69, 9.17) is 10.5 Å². The zero-order valence-corrected chi connectivity index (χ0v) is 14.7. The highest BCUT2D eigenvalue weighted by Gasteiger charge is 1.96. The molecule has 5 heteroatoms. The molecule has 0 aromatic heterocycles. The minimum absolute atomic E-state index is 0. The van der Waals surface area contributed by atoms with Crippen molar-refractivity contribution in [3.05, 3.63) is 29.8 Å². The van der Waals surface area contributed by atoms with Crippen LogP contribution in [0.15, 0.2) is 29.3 Å². The first-order valence-corrected chi connectivity index (χ1v) is 6.93. The normalized spacial score (nSPS) is 10.8. The van der Waals surface area contributed by atoms with Crippen molar-refractivity contribution >= 4 is 29.9 Å². The van der Waals surface area contributed by atoms with Gasteiger partial charge in [0, 0.05) is 6.54 Å². The summed E-state index contributed by atoms with van der Waals surface area (Å²) in [5.41, 5.74) is 6.91. The number of nitrogens with two attached hydrogens (primary N) is 1. The Morgan fingerprint density at radius 1 is 1.30 bits per heavy atom. The molecule has 0 radical (unpaired) electrons. The molecule has 0 aliphatic heterocycles. The Morgan fingerprint density at radius 2 is 2.10 bits per heavy atom. The number of nitrogens with one attached hydrogen (secondary N) is 1. The van der Waals surface area contributed by atoms with Gasteiger partial charge in [-0.05, 0) is 24.1 Å². The number of hydrogen-bond acceptors (Lipinski definition) is 2. The van der Waals surface area contributed by atoms with Gasteiger partial charge >= 0.3 is 0 Å². The molecule has 0 atom stereocenters. The Kier molecular flexibility index (Phi) is 11.2. The molecule has 0 amide bonds. The maximum Gasteiger partial charge on any atom is 0.188 e. The van der Waals surface area contributed by atoms with Gasteiger partial charge in [-0.15, -0.1) is 24.0 Å². The molecule has 0 spiro atoms. The van der Waals surface area contributed by atoms with Crippen molar-refractivity contribution in [2.75, 3.05) is 13.7 Å². The Labute approximate surface area is 139 Å². The molecule has 3 N–H and O–H groups in total. The fourth-order valence-electron chi connectivity index (χ4n) is 1.77. The SMILES string of the molecule is CCCCCCNC(N)=NCc1cccc(OC)c1.I. The summed E-state index contributed by atoms with van der Waals surface area (Å²) >= 11 is 0. The van der Waals surface area contributed by atoms with Gasteiger partial charge in [0.2, 0.25) is 0 Å². The average Bonchev–Trinajstić information content (AvgIpc) is 2.45. The zero-order chi connectivity index (χ0) is 13.9. The number of ether oxygens (including phenoxy) is 1. The Hall–Kier alpha value is -0.980. The van der Waals surface area contributed by atoms with E-state index in [0.717, 1.165) is 24.3 Å². The summed E-state index contributed by atoms with van der Waals surface area (Å²) in [6.07, 6.45) is 4.91. The first kappa shape index (κ1) is 19.0. The summed E-state index contributed by atoms with van der Waals surface area (Å²) < 4.78 is 5.17. The van der Waals surface area contributed by atoms with Crippen molar-refractivity contribution in [1.29, 1.82) is 0 Å². The maximum atomic E-state index is 5.81. The molecule has 0 fully saturated rings. The van der Waals surface area contributed by atoms with Crippen LogP contribution < -0.4 is 15.8 Å². The van der Waals surface area contributed by atoms with Gasteiger partial charge in [-0.1, -0.05) is 38.3 Å². The van der Waals surface area contributed by atoms with Crippen LogP contribution in [0.1, 0.15) is 38.2 Å². The molecule has 0 unspecified atom stereocenters. The quantitative estimate of drug-likeness (QED) is 0.310. The smallest absolute Gasteiger partial charge is 0.188 e. The maximum absolute atomic E-state index is 5.81. The third-order valence-electron chi connectivity index (χ3n) is 2.90. The van der Waals surface area contributed by atoms with Crippen LogP contribution in [0.5, 0.6) is 5.75 Å². The molecule has 0 saturated heterocycles. The summed E-state index contributed by atoms with van der Waals surface area (Å²) in [5, 5.41) is 3.14. The molecule has 0 heterocycles. The van der Waals surface area contributed by atoms with Crippen LogP contribution in [0.25, 0.3) is 0 Å². The van der Waals surface area contributed by atoms with Crippen molar-refractivity contribution in [3.63, 3.8) is 0 Å². The second-order valence-electron chi connectivity index (χ2n) is 4.54.